The molecule has 1 aromatic carbocycles. The molecule has 0 aromatic heterocycles. The first-order valence-electron chi connectivity index (χ1n) is 6.93. The number of nitrogens with two attached hydrogens (primary N) is 1. The van der Waals surface area contributed by atoms with Gasteiger partial charge in [0.05, 0.1) is 12.3 Å². The molecule has 1 rings (SSSR count). The van der Waals surface area contributed by atoms with Crippen LogP contribution < -0.4 is 11.1 Å². The topological polar surface area (TPSA) is 78.6 Å². The quantitative estimate of drug-likeness (QED) is 0.671. The van der Waals surface area contributed by atoms with Crippen molar-refractivity contribution in [2.45, 2.75) is 32.2 Å². The molecule has 0 spiro atoms. The standard InChI is InChI=1S/C15H24FN3O2/c1-15(2,10-20)19(3)8-4-5-14(21)18-13-9-11(17)6-7-12(13)16/h6-7,9,20H,4-5,8,10,17H2,1-3H3,(H,18,21). The van der Waals surface area contributed by atoms with Crippen molar-refractivity contribution in [3.05, 3.63) is 24.0 Å². The lowest BCUT2D eigenvalue weighted by molar-refractivity contribution is -0.116. The van der Waals surface area contributed by atoms with Crippen LogP contribution in [-0.2, 0) is 4.79 Å². The lowest BCUT2D eigenvalue weighted by atomic mass is 10.0. The molecule has 21 heavy (non-hydrogen) atoms. The SMILES string of the molecule is CN(CCCC(=O)Nc1cc(N)ccc1F)C(C)(C)CO. The first-order chi connectivity index (χ1) is 9.76. The highest BCUT2D eigenvalue weighted by molar-refractivity contribution is 5.91. The third kappa shape index (κ3) is 5.32. The summed E-state index contributed by atoms with van der Waals surface area (Å²) in [4.78, 5) is 13.8. The Bertz CT molecular complexity index is 492. The van der Waals surface area contributed by atoms with Crippen LogP contribution in [0.5, 0.6) is 0 Å². The fourth-order valence-electron chi connectivity index (χ4n) is 1.75. The Hall–Kier alpha value is -1.66. The number of rotatable bonds is 7. The average Bonchev–Trinajstić information content (AvgIpc) is 2.42. The van der Waals surface area contributed by atoms with Crippen molar-refractivity contribution in [2.24, 2.45) is 0 Å². The molecule has 4 N–H and O–H groups in total. The van der Waals surface area contributed by atoms with Crippen LogP contribution in [0, 0.1) is 5.82 Å². The molecule has 1 aromatic rings. The summed E-state index contributed by atoms with van der Waals surface area (Å²) in [5.74, 6) is -0.759. The van der Waals surface area contributed by atoms with Crippen molar-refractivity contribution in [1.29, 1.82) is 0 Å². The number of anilines is 2. The summed E-state index contributed by atoms with van der Waals surface area (Å²) >= 11 is 0. The molecule has 0 atom stereocenters. The molecule has 0 aliphatic heterocycles. The maximum Gasteiger partial charge on any atom is 0.224 e. The van der Waals surface area contributed by atoms with Crippen LogP contribution in [0.15, 0.2) is 18.2 Å². The lowest BCUT2D eigenvalue weighted by Gasteiger charge is -2.33. The molecule has 5 nitrogen and oxygen atoms in total. The van der Waals surface area contributed by atoms with Crippen molar-refractivity contribution in [3.8, 4) is 0 Å². The smallest absolute Gasteiger partial charge is 0.224 e. The van der Waals surface area contributed by atoms with Crippen LogP contribution in [0.25, 0.3) is 0 Å². The van der Waals surface area contributed by atoms with Crippen molar-refractivity contribution >= 4 is 17.3 Å². The zero-order valence-corrected chi connectivity index (χ0v) is 12.8. The van der Waals surface area contributed by atoms with E-state index in [1.807, 2.05) is 25.8 Å². The summed E-state index contributed by atoms with van der Waals surface area (Å²) in [6, 6.07) is 4.06. The molecule has 6 heteroatoms. The van der Waals surface area contributed by atoms with Crippen molar-refractivity contribution in [2.75, 3.05) is 31.2 Å². The molecule has 1 amide bonds. The number of aliphatic hydroxyl groups is 1. The largest absolute Gasteiger partial charge is 0.399 e. The summed E-state index contributed by atoms with van der Waals surface area (Å²) in [7, 11) is 1.89. The van der Waals surface area contributed by atoms with E-state index in [0.29, 0.717) is 18.7 Å². The first-order valence-corrected chi connectivity index (χ1v) is 6.93. The van der Waals surface area contributed by atoms with Gasteiger partial charge in [-0.15, -0.1) is 0 Å². The number of nitrogen functional groups attached to an aromatic ring is 1. The molecule has 0 unspecified atom stereocenters. The van der Waals surface area contributed by atoms with Crippen LogP contribution in [0.1, 0.15) is 26.7 Å². The molecular formula is C15H24FN3O2. The second kappa shape index (κ2) is 7.38. The third-order valence-electron chi connectivity index (χ3n) is 3.58. The van der Waals surface area contributed by atoms with Gasteiger partial charge in [-0.3, -0.25) is 9.69 Å². The van der Waals surface area contributed by atoms with Gasteiger partial charge in [-0.1, -0.05) is 0 Å². The van der Waals surface area contributed by atoms with Crippen LogP contribution in [-0.4, -0.2) is 41.7 Å². The molecule has 0 saturated heterocycles. The second-order valence-electron chi connectivity index (χ2n) is 5.78. The van der Waals surface area contributed by atoms with Gasteiger partial charge in [0, 0.05) is 17.6 Å². The minimum atomic E-state index is -0.504. The predicted octanol–water partition coefficient (Wildman–Crippen LogP) is 1.83. The van der Waals surface area contributed by atoms with Crippen molar-refractivity contribution in [3.63, 3.8) is 0 Å². The summed E-state index contributed by atoms with van der Waals surface area (Å²) in [5, 5.41) is 11.8. The number of hydrogen-bond acceptors (Lipinski definition) is 4. The van der Waals surface area contributed by atoms with Gasteiger partial charge < -0.3 is 16.2 Å². The van der Waals surface area contributed by atoms with Gasteiger partial charge >= 0.3 is 0 Å². The molecule has 0 saturated carbocycles. The van der Waals surface area contributed by atoms with E-state index in [-0.39, 0.29) is 30.2 Å². The van der Waals surface area contributed by atoms with Gasteiger partial charge in [-0.25, -0.2) is 4.39 Å². The minimum Gasteiger partial charge on any atom is -0.399 e. The van der Waals surface area contributed by atoms with E-state index < -0.39 is 5.82 Å². The van der Waals surface area contributed by atoms with Crippen LogP contribution in [0.4, 0.5) is 15.8 Å². The minimum absolute atomic E-state index is 0.0458. The highest BCUT2D eigenvalue weighted by Gasteiger charge is 2.21. The lowest BCUT2D eigenvalue weighted by Crippen LogP contribution is -2.44. The van der Waals surface area contributed by atoms with E-state index in [4.69, 9.17) is 5.73 Å². The molecule has 0 aliphatic carbocycles. The molecule has 0 radical (unpaired) electrons. The molecule has 0 aliphatic rings. The van der Waals surface area contributed by atoms with E-state index in [1.54, 1.807) is 0 Å². The number of benzene rings is 1. The molecule has 118 valence electrons. The highest BCUT2D eigenvalue weighted by atomic mass is 19.1. The molecule has 0 bridgehead atoms. The zero-order chi connectivity index (χ0) is 16.0. The number of aliphatic hydroxyl groups excluding tert-OH is 1. The zero-order valence-electron chi connectivity index (χ0n) is 12.8. The Morgan fingerprint density at radius 1 is 1.48 bits per heavy atom. The van der Waals surface area contributed by atoms with Gasteiger partial charge in [0.25, 0.3) is 0 Å². The number of amides is 1. The number of carbonyl (C=O) groups excluding carboxylic acids is 1. The van der Waals surface area contributed by atoms with E-state index in [1.165, 1.54) is 18.2 Å². The van der Waals surface area contributed by atoms with Gasteiger partial charge in [0.15, 0.2) is 0 Å². The maximum atomic E-state index is 13.5. The number of nitrogens with one attached hydrogen (secondary N) is 1. The molecule has 0 heterocycles. The van der Waals surface area contributed by atoms with Crippen LogP contribution in [0.2, 0.25) is 0 Å². The number of hydrogen-bond donors (Lipinski definition) is 3. The Morgan fingerprint density at radius 2 is 2.14 bits per heavy atom. The number of carbonyl (C=O) groups is 1. The van der Waals surface area contributed by atoms with Gasteiger partial charge in [-0.05, 0) is 52.1 Å². The van der Waals surface area contributed by atoms with E-state index >= 15 is 0 Å². The Balaban J connectivity index is 2.43. The van der Waals surface area contributed by atoms with Gasteiger partial charge in [0.1, 0.15) is 5.82 Å². The number of halogens is 1. The maximum absolute atomic E-state index is 13.5. The number of nitrogens with zero attached hydrogens (tertiary/aromatic N) is 1. The van der Waals surface area contributed by atoms with E-state index in [2.05, 4.69) is 5.32 Å². The van der Waals surface area contributed by atoms with Crippen molar-refractivity contribution in [1.82, 2.24) is 4.90 Å². The fraction of sp³-hybridized carbons (Fsp3) is 0.533. The third-order valence-corrected chi connectivity index (χ3v) is 3.58. The second-order valence-corrected chi connectivity index (χ2v) is 5.78. The summed E-state index contributed by atoms with van der Waals surface area (Å²) in [6.45, 7) is 4.56. The summed E-state index contributed by atoms with van der Waals surface area (Å²) < 4.78 is 13.5. The van der Waals surface area contributed by atoms with Crippen molar-refractivity contribution < 1.29 is 14.3 Å². The first kappa shape index (κ1) is 17.4. The Morgan fingerprint density at radius 3 is 2.76 bits per heavy atom. The normalized spacial score (nSPS) is 11.7. The summed E-state index contributed by atoms with van der Waals surface area (Å²) in [6.07, 6.45) is 0.899. The summed E-state index contributed by atoms with van der Waals surface area (Å²) in [5.41, 5.74) is 5.74. The van der Waals surface area contributed by atoms with Gasteiger partial charge in [0.2, 0.25) is 5.91 Å². The number of likely N-dealkylation sites (N-methyl/N-ethyl adjacent to an activating group) is 1. The molecule has 0 fully saturated rings. The average molecular weight is 297 g/mol. The Labute approximate surface area is 124 Å². The van der Waals surface area contributed by atoms with Gasteiger partial charge in [-0.2, -0.15) is 0 Å². The fourth-order valence-corrected chi connectivity index (χ4v) is 1.75. The van der Waals surface area contributed by atoms with E-state index in [9.17, 15) is 14.3 Å². The monoisotopic (exact) mass is 297 g/mol. The predicted molar refractivity (Wildman–Crippen MR) is 82.5 cm³/mol. The van der Waals surface area contributed by atoms with Crippen LogP contribution >= 0.6 is 0 Å². The van der Waals surface area contributed by atoms with Crippen LogP contribution in [0.3, 0.4) is 0 Å². The molecular weight excluding hydrogens is 273 g/mol. The highest BCUT2D eigenvalue weighted by Crippen LogP contribution is 2.18. The van der Waals surface area contributed by atoms with E-state index in [0.717, 1.165) is 0 Å². The Kier molecular flexibility index (Phi) is 6.11.